The third-order valence-electron chi connectivity index (χ3n) is 3.89. The number of methoxy groups -OCH3 is 4. The molecule has 0 N–H and O–H groups in total. The van der Waals surface area contributed by atoms with Crippen molar-refractivity contribution in [1.82, 2.24) is 0 Å². The van der Waals surface area contributed by atoms with Crippen molar-refractivity contribution < 1.29 is 28.4 Å². The lowest BCUT2D eigenvalue weighted by molar-refractivity contribution is 0.174. The molecule has 2 aromatic rings. The molecule has 0 unspecified atom stereocenters. The van der Waals surface area contributed by atoms with E-state index in [-0.39, 0.29) is 6.79 Å². The van der Waals surface area contributed by atoms with Gasteiger partial charge in [-0.3, -0.25) is 0 Å². The maximum atomic E-state index is 5.48. The predicted octanol–water partition coefficient (Wildman–Crippen LogP) is 3.04. The zero-order chi connectivity index (χ0) is 17.1. The van der Waals surface area contributed by atoms with E-state index < -0.39 is 0 Å². The summed E-state index contributed by atoms with van der Waals surface area (Å²) in [5.74, 6) is 3.96. The Labute approximate surface area is 140 Å². The number of benzene rings is 2. The lowest BCUT2D eigenvalue weighted by Gasteiger charge is -2.15. The van der Waals surface area contributed by atoms with Crippen LogP contribution in [0.5, 0.6) is 34.5 Å². The maximum Gasteiger partial charge on any atom is 0.231 e. The Bertz CT molecular complexity index is 716. The second-order valence-electron chi connectivity index (χ2n) is 5.23. The molecule has 6 nitrogen and oxygen atoms in total. The van der Waals surface area contributed by atoms with Gasteiger partial charge >= 0.3 is 0 Å². The van der Waals surface area contributed by atoms with Crippen molar-refractivity contribution in [1.29, 1.82) is 0 Å². The van der Waals surface area contributed by atoms with E-state index >= 15 is 0 Å². The van der Waals surface area contributed by atoms with E-state index in [0.717, 1.165) is 22.6 Å². The van der Waals surface area contributed by atoms with Gasteiger partial charge in [0.25, 0.3) is 0 Å². The Kier molecular flexibility index (Phi) is 4.55. The molecule has 0 aliphatic carbocycles. The lowest BCUT2D eigenvalue weighted by Crippen LogP contribution is -1.99. The van der Waals surface area contributed by atoms with Crippen LogP contribution in [-0.2, 0) is 6.42 Å². The van der Waals surface area contributed by atoms with Gasteiger partial charge in [-0.25, -0.2) is 0 Å². The lowest BCUT2D eigenvalue weighted by atomic mass is 10.0. The molecule has 0 atom stereocenters. The van der Waals surface area contributed by atoms with Crippen molar-refractivity contribution in [2.45, 2.75) is 6.42 Å². The van der Waals surface area contributed by atoms with Crippen LogP contribution >= 0.6 is 0 Å². The van der Waals surface area contributed by atoms with Crippen molar-refractivity contribution in [2.24, 2.45) is 0 Å². The Morgan fingerprint density at radius 3 is 1.88 bits per heavy atom. The molecular formula is C18H20O6. The van der Waals surface area contributed by atoms with E-state index in [9.17, 15) is 0 Å². The van der Waals surface area contributed by atoms with Crippen LogP contribution in [0.4, 0.5) is 0 Å². The Morgan fingerprint density at radius 2 is 1.33 bits per heavy atom. The Balaban J connectivity index is 1.99. The minimum atomic E-state index is 0.228. The summed E-state index contributed by atoms with van der Waals surface area (Å²) in [4.78, 5) is 0. The van der Waals surface area contributed by atoms with Crippen molar-refractivity contribution in [3.63, 3.8) is 0 Å². The molecule has 3 rings (SSSR count). The van der Waals surface area contributed by atoms with Gasteiger partial charge in [0, 0.05) is 18.1 Å². The first-order chi connectivity index (χ1) is 11.7. The summed E-state index contributed by atoms with van der Waals surface area (Å²) in [6.45, 7) is 0.228. The van der Waals surface area contributed by atoms with E-state index in [4.69, 9.17) is 28.4 Å². The maximum absolute atomic E-state index is 5.48. The molecule has 6 heteroatoms. The van der Waals surface area contributed by atoms with E-state index in [0.29, 0.717) is 29.4 Å². The van der Waals surface area contributed by atoms with Crippen molar-refractivity contribution in [3.05, 3.63) is 35.4 Å². The highest BCUT2D eigenvalue weighted by Crippen LogP contribution is 2.41. The number of rotatable bonds is 6. The highest BCUT2D eigenvalue weighted by atomic mass is 16.7. The van der Waals surface area contributed by atoms with Crippen molar-refractivity contribution in [3.8, 4) is 34.5 Å². The monoisotopic (exact) mass is 332 g/mol. The Morgan fingerprint density at radius 1 is 0.750 bits per heavy atom. The van der Waals surface area contributed by atoms with Crippen molar-refractivity contribution in [2.75, 3.05) is 35.2 Å². The van der Waals surface area contributed by atoms with E-state index in [1.807, 2.05) is 24.3 Å². The molecule has 1 heterocycles. The SMILES string of the molecule is COc1cc2c(cc1Cc1cc(OC)c(OC)c(OC)c1)OCO2. The van der Waals surface area contributed by atoms with Crippen LogP contribution in [0.15, 0.2) is 24.3 Å². The standard InChI is InChI=1S/C18H20O6/c1-19-13-9-15-14(23-10-24-15)8-12(13)5-11-6-16(20-2)18(22-4)17(7-11)21-3/h6-9H,5,10H2,1-4H3. The first kappa shape index (κ1) is 16.1. The van der Waals surface area contributed by atoms with E-state index in [2.05, 4.69) is 0 Å². The molecule has 0 saturated heterocycles. The smallest absolute Gasteiger partial charge is 0.231 e. The normalized spacial score (nSPS) is 12.0. The molecule has 0 spiro atoms. The minimum Gasteiger partial charge on any atom is -0.496 e. The molecule has 0 radical (unpaired) electrons. The third-order valence-corrected chi connectivity index (χ3v) is 3.89. The van der Waals surface area contributed by atoms with Crippen LogP contribution in [0.25, 0.3) is 0 Å². The van der Waals surface area contributed by atoms with Crippen LogP contribution in [0.1, 0.15) is 11.1 Å². The molecule has 128 valence electrons. The minimum absolute atomic E-state index is 0.228. The van der Waals surface area contributed by atoms with E-state index in [1.165, 1.54) is 0 Å². The van der Waals surface area contributed by atoms with Crippen LogP contribution in [0, 0.1) is 0 Å². The fourth-order valence-electron chi connectivity index (χ4n) is 2.75. The van der Waals surface area contributed by atoms with Crippen LogP contribution < -0.4 is 28.4 Å². The molecule has 0 aromatic heterocycles. The summed E-state index contributed by atoms with van der Waals surface area (Å²) in [6.07, 6.45) is 0.622. The number of hydrogen-bond donors (Lipinski definition) is 0. The molecular weight excluding hydrogens is 312 g/mol. The third kappa shape index (κ3) is 2.87. The van der Waals surface area contributed by atoms with Gasteiger partial charge in [0.15, 0.2) is 23.0 Å². The molecule has 0 bridgehead atoms. The van der Waals surface area contributed by atoms with Gasteiger partial charge in [-0.2, -0.15) is 0 Å². The van der Waals surface area contributed by atoms with Gasteiger partial charge < -0.3 is 28.4 Å². The highest BCUT2D eigenvalue weighted by molar-refractivity contribution is 5.57. The number of fused-ring (bicyclic) bond motifs is 1. The second kappa shape index (κ2) is 6.78. The van der Waals surface area contributed by atoms with Gasteiger partial charge in [-0.1, -0.05) is 0 Å². The first-order valence-corrected chi connectivity index (χ1v) is 7.45. The Hall–Kier alpha value is -2.76. The van der Waals surface area contributed by atoms with Crippen LogP contribution in [0.3, 0.4) is 0 Å². The zero-order valence-corrected chi connectivity index (χ0v) is 14.2. The largest absolute Gasteiger partial charge is 0.496 e. The summed E-state index contributed by atoms with van der Waals surface area (Å²) in [5, 5.41) is 0. The summed E-state index contributed by atoms with van der Waals surface area (Å²) in [5.41, 5.74) is 1.98. The van der Waals surface area contributed by atoms with E-state index in [1.54, 1.807) is 28.4 Å². The molecule has 2 aromatic carbocycles. The molecule has 0 saturated carbocycles. The van der Waals surface area contributed by atoms with Gasteiger partial charge in [0.1, 0.15) is 5.75 Å². The van der Waals surface area contributed by atoms with Gasteiger partial charge in [-0.15, -0.1) is 0 Å². The summed E-state index contributed by atoms with van der Waals surface area (Å²) >= 11 is 0. The second-order valence-corrected chi connectivity index (χ2v) is 5.23. The number of hydrogen-bond acceptors (Lipinski definition) is 6. The predicted molar refractivity (Wildman–Crippen MR) is 88.0 cm³/mol. The summed E-state index contributed by atoms with van der Waals surface area (Å²) in [6, 6.07) is 7.62. The van der Waals surface area contributed by atoms with Gasteiger partial charge in [0.05, 0.1) is 28.4 Å². The average Bonchev–Trinajstić information content (AvgIpc) is 3.07. The molecule has 0 fully saturated rings. The molecule has 24 heavy (non-hydrogen) atoms. The fraction of sp³-hybridized carbons (Fsp3) is 0.333. The summed E-state index contributed by atoms with van der Waals surface area (Å²) in [7, 11) is 6.42. The van der Waals surface area contributed by atoms with Gasteiger partial charge in [-0.05, 0) is 23.8 Å². The topological polar surface area (TPSA) is 55.4 Å². The highest BCUT2D eigenvalue weighted by Gasteiger charge is 2.19. The zero-order valence-electron chi connectivity index (χ0n) is 14.2. The van der Waals surface area contributed by atoms with Crippen LogP contribution in [-0.4, -0.2) is 35.2 Å². The fourth-order valence-corrected chi connectivity index (χ4v) is 2.75. The van der Waals surface area contributed by atoms with Gasteiger partial charge in [0.2, 0.25) is 12.5 Å². The molecule has 1 aliphatic heterocycles. The summed E-state index contributed by atoms with van der Waals surface area (Å²) < 4.78 is 32.5. The molecule has 0 amide bonds. The average molecular weight is 332 g/mol. The molecule has 1 aliphatic rings. The number of ether oxygens (including phenoxy) is 6. The van der Waals surface area contributed by atoms with Crippen LogP contribution in [0.2, 0.25) is 0 Å². The quantitative estimate of drug-likeness (QED) is 0.810. The first-order valence-electron chi connectivity index (χ1n) is 7.45. The van der Waals surface area contributed by atoms with Crippen molar-refractivity contribution >= 4 is 0 Å².